The molecule has 4 atom stereocenters. The quantitative estimate of drug-likeness (QED) is 0.575. The smallest absolute Gasteiger partial charge is 0.230 e. The van der Waals surface area contributed by atoms with Crippen LogP contribution in [0.3, 0.4) is 0 Å². The highest BCUT2D eigenvalue weighted by molar-refractivity contribution is 5.80. The van der Waals surface area contributed by atoms with Crippen molar-refractivity contribution in [2.75, 3.05) is 26.3 Å². The molecule has 6 nitrogen and oxygen atoms in total. The summed E-state index contributed by atoms with van der Waals surface area (Å²) in [6, 6.07) is 0. The number of piperidine rings is 1. The van der Waals surface area contributed by atoms with E-state index in [2.05, 4.69) is 0 Å². The molecule has 2 aliphatic heterocycles. The van der Waals surface area contributed by atoms with Gasteiger partial charge in [0.05, 0.1) is 25.2 Å². The highest BCUT2D eigenvalue weighted by Gasteiger charge is 2.43. The standard InChI is InChI=1S/C12H21NO5/c14-6-9-11(16)10(15)8(7-18-9)12(17)13-4-2-1-3-5-13/h8-11,14-16H,1-7H2/t8-,9-,10-,11+/m1/s1. The minimum absolute atomic E-state index is 0.0544. The molecular weight excluding hydrogens is 238 g/mol. The Bertz CT molecular complexity index is 292. The van der Waals surface area contributed by atoms with E-state index >= 15 is 0 Å². The topological polar surface area (TPSA) is 90.2 Å². The minimum atomic E-state index is -1.21. The van der Waals surface area contributed by atoms with Gasteiger partial charge in [0, 0.05) is 13.1 Å². The predicted molar refractivity (Wildman–Crippen MR) is 62.8 cm³/mol. The van der Waals surface area contributed by atoms with Crippen LogP contribution in [0.4, 0.5) is 0 Å². The maximum Gasteiger partial charge on any atom is 0.230 e. The normalized spacial score (nSPS) is 37.6. The van der Waals surface area contributed by atoms with Crippen LogP contribution < -0.4 is 0 Å². The zero-order valence-electron chi connectivity index (χ0n) is 10.4. The molecule has 0 radical (unpaired) electrons. The first-order valence-corrected chi connectivity index (χ1v) is 6.52. The van der Waals surface area contributed by atoms with Crippen molar-refractivity contribution in [2.24, 2.45) is 5.92 Å². The lowest BCUT2D eigenvalue weighted by Gasteiger charge is -2.39. The second kappa shape index (κ2) is 5.97. The monoisotopic (exact) mass is 259 g/mol. The number of likely N-dealkylation sites (tertiary alicyclic amines) is 1. The molecule has 0 bridgehead atoms. The average molecular weight is 259 g/mol. The van der Waals surface area contributed by atoms with Crippen molar-refractivity contribution in [2.45, 2.75) is 37.6 Å². The van der Waals surface area contributed by atoms with Crippen molar-refractivity contribution in [3.05, 3.63) is 0 Å². The zero-order chi connectivity index (χ0) is 13.1. The first-order chi connectivity index (χ1) is 8.65. The lowest BCUT2D eigenvalue weighted by atomic mass is 9.91. The highest BCUT2D eigenvalue weighted by atomic mass is 16.5. The van der Waals surface area contributed by atoms with Gasteiger partial charge >= 0.3 is 0 Å². The molecule has 0 aliphatic carbocycles. The number of nitrogens with zero attached hydrogens (tertiary/aromatic N) is 1. The summed E-state index contributed by atoms with van der Waals surface area (Å²) in [5.74, 6) is -0.876. The van der Waals surface area contributed by atoms with E-state index in [0.29, 0.717) is 13.1 Å². The van der Waals surface area contributed by atoms with Gasteiger partial charge in [-0.3, -0.25) is 4.79 Å². The summed E-state index contributed by atoms with van der Waals surface area (Å²) in [4.78, 5) is 13.9. The zero-order valence-corrected chi connectivity index (χ0v) is 10.4. The van der Waals surface area contributed by atoms with Crippen LogP contribution in [-0.4, -0.2) is 70.7 Å². The van der Waals surface area contributed by atoms with Gasteiger partial charge in [-0.1, -0.05) is 0 Å². The van der Waals surface area contributed by atoms with Crippen molar-refractivity contribution in [1.82, 2.24) is 4.90 Å². The second-order valence-corrected chi connectivity index (χ2v) is 5.03. The molecule has 18 heavy (non-hydrogen) atoms. The van der Waals surface area contributed by atoms with Crippen LogP contribution in [0.15, 0.2) is 0 Å². The van der Waals surface area contributed by atoms with E-state index in [-0.39, 0.29) is 19.1 Å². The molecule has 2 aliphatic rings. The fraction of sp³-hybridized carbons (Fsp3) is 0.917. The lowest BCUT2D eigenvalue weighted by Crippen LogP contribution is -2.56. The van der Waals surface area contributed by atoms with Crippen molar-refractivity contribution < 1.29 is 24.9 Å². The van der Waals surface area contributed by atoms with Crippen molar-refractivity contribution in [3.63, 3.8) is 0 Å². The number of rotatable bonds is 2. The molecule has 0 saturated carbocycles. The summed E-state index contributed by atoms with van der Waals surface area (Å²) in [7, 11) is 0. The maximum atomic E-state index is 12.2. The molecule has 2 saturated heterocycles. The van der Waals surface area contributed by atoms with Gasteiger partial charge in [0.15, 0.2) is 0 Å². The Morgan fingerprint density at radius 2 is 1.83 bits per heavy atom. The van der Waals surface area contributed by atoms with Gasteiger partial charge in [-0.2, -0.15) is 0 Å². The molecule has 1 amide bonds. The van der Waals surface area contributed by atoms with Gasteiger partial charge < -0.3 is 25.0 Å². The summed E-state index contributed by atoms with van der Waals surface area (Å²) in [6.07, 6.45) is -0.0739. The van der Waals surface area contributed by atoms with Crippen LogP contribution in [-0.2, 0) is 9.53 Å². The van der Waals surface area contributed by atoms with Crippen LogP contribution in [0.5, 0.6) is 0 Å². The largest absolute Gasteiger partial charge is 0.394 e. The van der Waals surface area contributed by atoms with E-state index in [0.717, 1.165) is 19.3 Å². The number of hydrogen-bond donors (Lipinski definition) is 3. The number of carbonyl (C=O) groups is 1. The van der Waals surface area contributed by atoms with E-state index < -0.39 is 24.2 Å². The molecule has 2 rings (SSSR count). The molecule has 0 aromatic carbocycles. The third-order valence-corrected chi connectivity index (χ3v) is 3.80. The lowest BCUT2D eigenvalue weighted by molar-refractivity contribution is -0.186. The Morgan fingerprint density at radius 3 is 2.44 bits per heavy atom. The third-order valence-electron chi connectivity index (χ3n) is 3.80. The summed E-state index contributed by atoms with van der Waals surface area (Å²) in [6.45, 7) is 1.12. The molecule has 2 fully saturated rings. The highest BCUT2D eigenvalue weighted by Crippen LogP contribution is 2.23. The summed E-state index contributed by atoms with van der Waals surface area (Å²) in [5, 5.41) is 28.7. The molecule has 6 heteroatoms. The van der Waals surface area contributed by atoms with Crippen LogP contribution in [0.2, 0.25) is 0 Å². The Labute approximate surface area is 106 Å². The fourth-order valence-electron chi connectivity index (χ4n) is 2.61. The SMILES string of the molecule is O=C([C@@H]1CO[C@H](CO)[C@H](O)[C@@H]1O)N1CCCCC1. The van der Waals surface area contributed by atoms with Crippen LogP contribution in [0.1, 0.15) is 19.3 Å². The van der Waals surface area contributed by atoms with Crippen LogP contribution in [0.25, 0.3) is 0 Å². The Hall–Kier alpha value is -0.690. The maximum absolute atomic E-state index is 12.2. The average Bonchev–Trinajstić information content (AvgIpc) is 2.42. The van der Waals surface area contributed by atoms with Crippen LogP contribution >= 0.6 is 0 Å². The molecule has 0 aromatic heterocycles. The number of amides is 1. The third kappa shape index (κ3) is 2.66. The first-order valence-electron chi connectivity index (χ1n) is 6.52. The number of aliphatic hydroxyl groups excluding tert-OH is 3. The molecule has 2 heterocycles. The molecule has 0 unspecified atom stereocenters. The van der Waals surface area contributed by atoms with Gasteiger partial charge in [-0.25, -0.2) is 0 Å². The summed E-state index contributed by atoms with van der Waals surface area (Å²) in [5.41, 5.74) is 0. The molecular formula is C12H21NO5. The molecule has 104 valence electrons. The molecule has 3 N–H and O–H groups in total. The predicted octanol–water partition coefficient (Wildman–Crippen LogP) is -1.27. The van der Waals surface area contributed by atoms with Gasteiger partial charge in [0.25, 0.3) is 0 Å². The van der Waals surface area contributed by atoms with Gasteiger partial charge in [0.2, 0.25) is 5.91 Å². The second-order valence-electron chi connectivity index (χ2n) is 5.03. The number of hydrogen-bond acceptors (Lipinski definition) is 5. The number of carbonyl (C=O) groups excluding carboxylic acids is 1. The number of aliphatic hydroxyl groups is 3. The van der Waals surface area contributed by atoms with E-state index in [1.54, 1.807) is 4.90 Å². The first kappa shape index (κ1) is 13.7. The van der Waals surface area contributed by atoms with Crippen molar-refractivity contribution in [1.29, 1.82) is 0 Å². The Balaban J connectivity index is 1.98. The van der Waals surface area contributed by atoms with Crippen molar-refractivity contribution in [3.8, 4) is 0 Å². The summed E-state index contributed by atoms with van der Waals surface area (Å²) >= 11 is 0. The number of ether oxygens (including phenoxy) is 1. The van der Waals surface area contributed by atoms with E-state index in [1.807, 2.05) is 0 Å². The van der Waals surface area contributed by atoms with Gasteiger partial charge in [-0.15, -0.1) is 0 Å². The van der Waals surface area contributed by atoms with E-state index in [9.17, 15) is 15.0 Å². The van der Waals surface area contributed by atoms with Crippen LogP contribution in [0, 0.1) is 5.92 Å². The summed E-state index contributed by atoms with van der Waals surface area (Å²) < 4.78 is 5.23. The van der Waals surface area contributed by atoms with Gasteiger partial charge in [-0.05, 0) is 19.3 Å². The van der Waals surface area contributed by atoms with E-state index in [4.69, 9.17) is 9.84 Å². The molecule has 0 aromatic rings. The van der Waals surface area contributed by atoms with E-state index in [1.165, 1.54) is 0 Å². The minimum Gasteiger partial charge on any atom is -0.394 e. The Morgan fingerprint density at radius 1 is 1.17 bits per heavy atom. The fourth-order valence-corrected chi connectivity index (χ4v) is 2.61. The molecule has 0 spiro atoms. The van der Waals surface area contributed by atoms with Gasteiger partial charge in [0.1, 0.15) is 12.2 Å². The van der Waals surface area contributed by atoms with Crippen molar-refractivity contribution >= 4 is 5.91 Å². The Kier molecular flexibility index (Phi) is 4.55.